The monoisotopic (exact) mass is 457 g/mol. The molecular formula is C17H27N7O8. The minimum absolute atomic E-state index is 0.0914. The molecule has 0 aliphatic carbocycles. The molecule has 4 amide bonds. The van der Waals surface area contributed by atoms with E-state index in [1.165, 1.54) is 12.5 Å². The van der Waals surface area contributed by atoms with Gasteiger partial charge in [-0.05, 0) is 6.42 Å². The number of primary amides is 1. The summed E-state index contributed by atoms with van der Waals surface area (Å²) in [4.78, 5) is 65.7. The average molecular weight is 457 g/mol. The van der Waals surface area contributed by atoms with Gasteiger partial charge in [-0.2, -0.15) is 0 Å². The summed E-state index contributed by atoms with van der Waals surface area (Å²) in [5.74, 6) is -4.97. The highest BCUT2D eigenvalue weighted by Crippen LogP contribution is 2.02. The lowest BCUT2D eigenvalue weighted by Gasteiger charge is -2.24. The molecule has 32 heavy (non-hydrogen) atoms. The van der Waals surface area contributed by atoms with E-state index in [2.05, 4.69) is 25.9 Å². The van der Waals surface area contributed by atoms with E-state index in [1.807, 2.05) is 0 Å². The maximum Gasteiger partial charge on any atom is 0.326 e. The van der Waals surface area contributed by atoms with Crippen molar-refractivity contribution in [3.63, 3.8) is 0 Å². The van der Waals surface area contributed by atoms with E-state index < -0.39 is 67.0 Å². The minimum Gasteiger partial charge on any atom is -0.480 e. The number of carboxylic acids is 1. The zero-order valence-electron chi connectivity index (χ0n) is 17.0. The quantitative estimate of drug-likeness (QED) is 0.128. The maximum atomic E-state index is 12.7. The normalized spacial score (nSPS) is 14.5. The van der Waals surface area contributed by atoms with E-state index in [4.69, 9.17) is 16.6 Å². The molecular weight excluding hydrogens is 430 g/mol. The number of carboxylic acid groups (broad SMARTS) is 1. The highest BCUT2D eigenvalue weighted by molar-refractivity contribution is 5.94. The Morgan fingerprint density at radius 3 is 2.06 bits per heavy atom. The Morgan fingerprint density at radius 1 is 0.969 bits per heavy atom. The first kappa shape index (κ1) is 26.5. The molecule has 0 aliphatic rings. The Balaban J connectivity index is 2.88. The second kappa shape index (κ2) is 13.0. The molecule has 15 nitrogen and oxygen atoms in total. The molecule has 178 valence electrons. The molecule has 0 spiro atoms. The number of aromatic amines is 1. The lowest BCUT2D eigenvalue weighted by Crippen LogP contribution is -2.58. The lowest BCUT2D eigenvalue weighted by atomic mass is 10.1. The number of imidazole rings is 1. The van der Waals surface area contributed by atoms with E-state index >= 15 is 0 Å². The van der Waals surface area contributed by atoms with Gasteiger partial charge in [0.1, 0.15) is 24.2 Å². The smallest absolute Gasteiger partial charge is 0.326 e. The van der Waals surface area contributed by atoms with Crippen molar-refractivity contribution in [2.24, 2.45) is 11.5 Å². The maximum absolute atomic E-state index is 12.7. The Bertz CT molecular complexity index is 801. The number of nitrogens with one attached hydrogen (secondary N) is 4. The molecule has 15 heteroatoms. The second-order valence-electron chi connectivity index (χ2n) is 6.78. The number of aliphatic hydroxyl groups excluding tert-OH is 2. The Kier molecular flexibility index (Phi) is 10.7. The molecule has 1 heterocycles. The molecule has 0 fully saturated rings. The van der Waals surface area contributed by atoms with Gasteiger partial charge >= 0.3 is 5.97 Å². The number of aliphatic hydroxyl groups is 2. The Morgan fingerprint density at radius 2 is 1.56 bits per heavy atom. The summed E-state index contributed by atoms with van der Waals surface area (Å²) in [5, 5.41) is 34.3. The summed E-state index contributed by atoms with van der Waals surface area (Å²) >= 11 is 0. The number of nitrogens with two attached hydrogens (primary N) is 2. The fourth-order valence-corrected chi connectivity index (χ4v) is 2.47. The lowest BCUT2D eigenvalue weighted by molar-refractivity contribution is -0.143. The average Bonchev–Trinajstić information content (AvgIpc) is 3.26. The van der Waals surface area contributed by atoms with Crippen molar-refractivity contribution in [1.29, 1.82) is 0 Å². The number of rotatable bonds is 14. The van der Waals surface area contributed by atoms with E-state index in [0.29, 0.717) is 5.69 Å². The van der Waals surface area contributed by atoms with Gasteiger partial charge in [-0.15, -0.1) is 0 Å². The van der Waals surface area contributed by atoms with Crippen molar-refractivity contribution >= 4 is 29.6 Å². The third kappa shape index (κ3) is 8.66. The van der Waals surface area contributed by atoms with Crippen LogP contribution in [0.5, 0.6) is 0 Å². The summed E-state index contributed by atoms with van der Waals surface area (Å²) in [6.07, 6.45) is 2.04. The van der Waals surface area contributed by atoms with Crippen molar-refractivity contribution in [1.82, 2.24) is 25.9 Å². The van der Waals surface area contributed by atoms with Crippen molar-refractivity contribution in [2.45, 2.75) is 43.4 Å². The number of aromatic nitrogens is 2. The van der Waals surface area contributed by atoms with Crippen LogP contribution in [0.4, 0.5) is 0 Å². The first-order valence-electron chi connectivity index (χ1n) is 9.45. The SMILES string of the molecule is NC(=O)CCC(NC(=O)C(CO)NC(=O)C(Cc1cnc[nH]1)NC(=O)C(N)CO)C(=O)O. The second-order valence-corrected chi connectivity index (χ2v) is 6.78. The van der Waals surface area contributed by atoms with Crippen molar-refractivity contribution in [2.75, 3.05) is 13.2 Å². The van der Waals surface area contributed by atoms with Gasteiger partial charge in [0, 0.05) is 24.7 Å². The summed E-state index contributed by atoms with van der Waals surface area (Å²) in [6.45, 7) is -1.56. The van der Waals surface area contributed by atoms with Crippen molar-refractivity contribution in [3.05, 3.63) is 18.2 Å². The minimum atomic E-state index is -1.56. The van der Waals surface area contributed by atoms with Crippen LogP contribution in [0, 0.1) is 0 Å². The number of H-pyrrole nitrogens is 1. The van der Waals surface area contributed by atoms with Crippen LogP contribution in [0.1, 0.15) is 18.5 Å². The zero-order valence-corrected chi connectivity index (χ0v) is 17.0. The molecule has 4 atom stereocenters. The number of amides is 4. The number of carbonyl (C=O) groups is 5. The first-order chi connectivity index (χ1) is 15.1. The van der Waals surface area contributed by atoms with Crippen LogP contribution in [0.15, 0.2) is 12.5 Å². The summed E-state index contributed by atoms with van der Waals surface area (Å²) in [6, 6.07) is -5.62. The number of nitrogens with zero attached hydrogens (tertiary/aromatic N) is 1. The molecule has 0 bridgehead atoms. The topological polar surface area (TPSA) is 263 Å². The standard InChI is InChI=1S/C17H27N7O8/c18-9(5-25)14(28)23-11(3-8-4-20-7-21-8)15(29)24-12(6-26)16(30)22-10(17(31)32)1-2-13(19)27/h4,7,9-12,25-26H,1-3,5-6,18H2,(H2,19,27)(H,20,21)(H,22,30)(H,23,28)(H,24,29)(H,31,32). The number of hydrogen-bond donors (Lipinski definition) is 9. The number of aliphatic carboxylic acids is 1. The summed E-state index contributed by atoms with van der Waals surface area (Å²) < 4.78 is 0. The van der Waals surface area contributed by atoms with Crippen LogP contribution in [0.3, 0.4) is 0 Å². The predicted molar refractivity (Wildman–Crippen MR) is 106 cm³/mol. The summed E-state index contributed by atoms with van der Waals surface area (Å²) in [7, 11) is 0. The van der Waals surface area contributed by atoms with E-state index in [0.717, 1.165) is 0 Å². The van der Waals surface area contributed by atoms with Gasteiger partial charge in [0.15, 0.2) is 0 Å². The van der Waals surface area contributed by atoms with Crippen LogP contribution in [0.2, 0.25) is 0 Å². The van der Waals surface area contributed by atoms with Gasteiger partial charge in [0.05, 0.1) is 19.5 Å². The van der Waals surface area contributed by atoms with Gasteiger partial charge in [-0.1, -0.05) is 0 Å². The van der Waals surface area contributed by atoms with Gasteiger partial charge < -0.3 is 47.7 Å². The third-order valence-corrected chi connectivity index (χ3v) is 4.25. The van der Waals surface area contributed by atoms with Gasteiger partial charge in [0.2, 0.25) is 23.6 Å². The van der Waals surface area contributed by atoms with E-state index in [9.17, 15) is 34.2 Å². The highest BCUT2D eigenvalue weighted by Gasteiger charge is 2.30. The first-order valence-corrected chi connectivity index (χ1v) is 9.45. The fraction of sp³-hybridized carbons (Fsp3) is 0.529. The number of hydrogen-bond acceptors (Lipinski definition) is 9. The van der Waals surface area contributed by atoms with Crippen molar-refractivity contribution < 1.29 is 39.3 Å². The summed E-state index contributed by atoms with van der Waals surface area (Å²) in [5.41, 5.74) is 10.9. The van der Waals surface area contributed by atoms with Crippen LogP contribution < -0.4 is 27.4 Å². The molecule has 0 aliphatic heterocycles. The largest absolute Gasteiger partial charge is 0.480 e. The molecule has 11 N–H and O–H groups in total. The van der Waals surface area contributed by atoms with E-state index in [-0.39, 0.29) is 19.3 Å². The van der Waals surface area contributed by atoms with Crippen molar-refractivity contribution in [3.8, 4) is 0 Å². The van der Waals surface area contributed by atoms with Crippen LogP contribution in [0.25, 0.3) is 0 Å². The van der Waals surface area contributed by atoms with Crippen LogP contribution in [-0.2, 0) is 30.4 Å². The molecule has 1 aromatic rings. The van der Waals surface area contributed by atoms with Crippen LogP contribution in [-0.4, -0.2) is 92.3 Å². The molecule has 0 saturated heterocycles. The highest BCUT2D eigenvalue weighted by atomic mass is 16.4. The molecule has 0 radical (unpaired) electrons. The van der Waals surface area contributed by atoms with Gasteiger partial charge in [-0.25, -0.2) is 9.78 Å². The molecule has 1 aromatic heterocycles. The number of carbonyl (C=O) groups excluding carboxylic acids is 4. The molecule has 0 aromatic carbocycles. The molecule has 1 rings (SSSR count). The zero-order chi connectivity index (χ0) is 24.3. The third-order valence-electron chi connectivity index (χ3n) is 4.25. The molecule has 4 unspecified atom stereocenters. The molecule has 0 saturated carbocycles. The van der Waals surface area contributed by atoms with Crippen LogP contribution >= 0.6 is 0 Å². The fourth-order valence-electron chi connectivity index (χ4n) is 2.47. The Hall–Kier alpha value is -3.56. The Labute approximate surface area is 181 Å². The van der Waals surface area contributed by atoms with E-state index in [1.54, 1.807) is 0 Å². The van der Waals surface area contributed by atoms with Gasteiger partial charge in [-0.3, -0.25) is 19.2 Å². The predicted octanol–water partition coefficient (Wildman–Crippen LogP) is -4.93. The van der Waals surface area contributed by atoms with Gasteiger partial charge in [0.25, 0.3) is 0 Å².